The van der Waals surface area contributed by atoms with E-state index in [1.54, 1.807) is 0 Å². The molecule has 1 fully saturated rings. The van der Waals surface area contributed by atoms with Crippen molar-refractivity contribution < 1.29 is 19.4 Å². The van der Waals surface area contributed by atoms with E-state index in [2.05, 4.69) is 17.5 Å². The van der Waals surface area contributed by atoms with Crippen molar-refractivity contribution in [3.63, 3.8) is 0 Å². The molecule has 1 amide bonds. The molecule has 2 aliphatic carbocycles. The third kappa shape index (κ3) is 4.80. The lowest BCUT2D eigenvalue weighted by molar-refractivity contribution is 0.0900. The summed E-state index contributed by atoms with van der Waals surface area (Å²) in [5.41, 5.74) is 0. The van der Waals surface area contributed by atoms with Gasteiger partial charge in [0.25, 0.3) is 0 Å². The second-order valence-corrected chi connectivity index (χ2v) is 5.48. The summed E-state index contributed by atoms with van der Waals surface area (Å²) in [6.45, 7) is 1.66. The molecular formula is C15H25NO4. The van der Waals surface area contributed by atoms with Gasteiger partial charge in [-0.3, -0.25) is 0 Å². The second kappa shape index (κ2) is 8.27. The minimum atomic E-state index is -0.366. The Labute approximate surface area is 120 Å². The van der Waals surface area contributed by atoms with Crippen molar-refractivity contribution in [3.05, 3.63) is 12.2 Å². The number of aliphatic hydroxyl groups excluding tert-OH is 1. The van der Waals surface area contributed by atoms with E-state index in [0.717, 1.165) is 24.7 Å². The predicted octanol–water partition coefficient (Wildman–Crippen LogP) is 1.71. The highest BCUT2D eigenvalue weighted by Gasteiger charge is 2.49. The Bertz CT molecular complexity index is 316. The van der Waals surface area contributed by atoms with Gasteiger partial charge in [-0.1, -0.05) is 12.2 Å². The van der Waals surface area contributed by atoms with Crippen LogP contribution in [0.1, 0.15) is 25.7 Å². The topological polar surface area (TPSA) is 67.8 Å². The van der Waals surface area contributed by atoms with Gasteiger partial charge in [0.1, 0.15) is 0 Å². The van der Waals surface area contributed by atoms with Crippen LogP contribution in [0.3, 0.4) is 0 Å². The van der Waals surface area contributed by atoms with Gasteiger partial charge in [0.2, 0.25) is 0 Å². The summed E-state index contributed by atoms with van der Waals surface area (Å²) in [6, 6.07) is 0. The van der Waals surface area contributed by atoms with Crippen molar-refractivity contribution in [2.24, 2.45) is 17.8 Å². The standard InChI is InChI=1S/C15H25NO4/c17-8-10-19-9-7-16-15(18)20-11-14-12-5-3-1-2-4-6-13(12)14/h1-2,12-14,17H,3-11H2,(H,16,18)/b2-1+. The number of ether oxygens (including phenoxy) is 2. The normalized spacial score (nSPS) is 29.8. The number of fused-ring (bicyclic) bond motifs is 1. The summed E-state index contributed by atoms with van der Waals surface area (Å²) >= 11 is 0. The molecule has 5 heteroatoms. The zero-order valence-corrected chi connectivity index (χ0v) is 11.9. The quantitative estimate of drug-likeness (QED) is 0.551. The van der Waals surface area contributed by atoms with Gasteiger partial charge in [-0.15, -0.1) is 0 Å². The Balaban J connectivity index is 1.53. The largest absolute Gasteiger partial charge is 0.449 e. The number of rotatable bonds is 7. The molecule has 0 aliphatic heterocycles. The Morgan fingerprint density at radius 1 is 1.20 bits per heavy atom. The second-order valence-electron chi connectivity index (χ2n) is 5.48. The molecule has 0 radical (unpaired) electrons. The molecule has 2 atom stereocenters. The molecule has 0 aromatic heterocycles. The third-order valence-electron chi connectivity index (χ3n) is 4.17. The maximum Gasteiger partial charge on any atom is 0.407 e. The van der Waals surface area contributed by atoms with E-state index < -0.39 is 0 Å². The van der Waals surface area contributed by atoms with Crippen LogP contribution in [0, 0.1) is 17.8 Å². The molecule has 114 valence electrons. The van der Waals surface area contributed by atoms with Crippen molar-refractivity contribution >= 4 is 6.09 Å². The average molecular weight is 283 g/mol. The summed E-state index contributed by atoms with van der Waals surface area (Å²) < 4.78 is 10.3. The number of carbonyl (C=O) groups is 1. The SMILES string of the molecule is O=C(NCCOCCO)OCC1C2CC/C=C/CCC21. The number of hydrogen-bond donors (Lipinski definition) is 2. The predicted molar refractivity (Wildman–Crippen MR) is 75.3 cm³/mol. The van der Waals surface area contributed by atoms with Gasteiger partial charge in [-0.2, -0.15) is 0 Å². The lowest BCUT2D eigenvalue weighted by Gasteiger charge is -2.07. The van der Waals surface area contributed by atoms with Crippen molar-refractivity contribution in [1.29, 1.82) is 0 Å². The van der Waals surface area contributed by atoms with Crippen LogP contribution >= 0.6 is 0 Å². The number of carbonyl (C=O) groups excluding carboxylic acids is 1. The molecule has 0 heterocycles. The van der Waals surface area contributed by atoms with E-state index >= 15 is 0 Å². The Hall–Kier alpha value is -1.07. The van der Waals surface area contributed by atoms with E-state index in [0.29, 0.717) is 32.3 Å². The molecule has 5 nitrogen and oxygen atoms in total. The maximum atomic E-state index is 11.5. The monoisotopic (exact) mass is 283 g/mol. The molecule has 2 rings (SSSR count). The summed E-state index contributed by atoms with van der Waals surface area (Å²) in [5.74, 6) is 2.06. The zero-order chi connectivity index (χ0) is 14.2. The van der Waals surface area contributed by atoms with E-state index in [1.165, 1.54) is 12.8 Å². The molecule has 2 aliphatic rings. The van der Waals surface area contributed by atoms with Crippen LogP contribution in [-0.4, -0.2) is 44.2 Å². The summed E-state index contributed by atoms with van der Waals surface area (Å²) in [7, 11) is 0. The van der Waals surface area contributed by atoms with Crippen LogP contribution in [0.5, 0.6) is 0 Å². The Morgan fingerprint density at radius 2 is 1.90 bits per heavy atom. The highest BCUT2D eigenvalue weighted by Crippen LogP contribution is 2.52. The van der Waals surface area contributed by atoms with Crippen LogP contribution in [0.2, 0.25) is 0 Å². The number of alkyl carbamates (subject to hydrolysis) is 1. The van der Waals surface area contributed by atoms with Crippen LogP contribution in [0.25, 0.3) is 0 Å². The van der Waals surface area contributed by atoms with E-state index in [9.17, 15) is 4.79 Å². The first-order valence-electron chi connectivity index (χ1n) is 7.57. The highest BCUT2D eigenvalue weighted by atomic mass is 16.5. The fourth-order valence-corrected chi connectivity index (χ4v) is 3.06. The zero-order valence-electron chi connectivity index (χ0n) is 11.9. The fraction of sp³-hybridized carbons (Fsp3) is 0.800. The molecule has 0 saturated heterocycles. The molecular weight excluding hydrogens is 258 g/mol. The number of hydrogen-bond acceptors (Lipinski definition) is 4. The van der Waals surface area contributed by atoms with Gasteiger partial charge in [-0.25, -0.2) is 4.79 Å². The minimum Gasteiger partial charge on any atom is -0.449 e. The molecule has 20 heavy (non-hydrogen) atoms. The number of amides is 1. The van der Waals surface area contributed by atoms with Crippen molar-refractivity contribution in [2.45, 2.75) is 25.7 Å². The Morgan fingerprint density at radius 3 is 2.55 bits per heavy atom. The highest BCUT2D eigenvalue weighted by molar-refractivity contribution is 5.67. The van der Waals surface area contributed by atoms with Gasteiger partial charge in [0.05, 0.1) is 26.4 Å². The van der Waals surface area contributed by atoms with E-state index in [-0.39, 0.29) is 12.7 Å². The molecule has 0 spiro atoms. The van der Waals surface area contributed by atoms with Gasteiger partial charge in [0.15, 0.2) is 0 Å². The maximum absolute atomic E-state index is 11.5. The smallest absolute Gasteiger partial charge is 0.407 e. The summed E-state index contributed by atoms with van der Waals surface area (Å²) in [4.78, 5) is 11.5. The molecule has 0 bridgehead atoms. The lowest BCUT2D eigenvalue weighted by atomic mass is 10.1. The minimum absolute atomic E-state index is 0.00373. The van der Waals surface area contributed by atoms with Gasteiger partial charge in [0, 0.05) is 6.54 Å². The molecule has 1 saturated carbocycles. The Kier molecular flexibility index (Phi) is 6.33. The van der Waals surface area contributed by atoms with Crippen LogP contribution in [0.4, 0.5) is 4.79 Å². The van der Waals surface area contributed by atoms with Gasteiger partial charge in [-0.05, 0) is 43.4 Å². The average Bonchev–Trinajstić information content (AvgIpc) is 3.06. The van der Waals surface area contributed by atoms with Crippen LogP contribution in [0.15, 0.2) is 12.2 Å². The van der Waals surface area contributed by atoms with Gasteiger partial charge >= 0.3 is 6.09 Å². The lowest BCUT2D eigenvalue weighted by Crippen LogP contribution is -2.29. The van der Waals surface area contributed by atoms with Crippen molar-refractivity contribution in [1.82, 2.24) is 5.32 Å². The number of allylic oxidation sites excluding steroid dienone is 2. The molecule has 2 unspecified atom stereocenters. The molecule has 0 aromatic rings. The molecule has 2 N–H and O–H groups in total. The van der Waals surface area contributed by atoms with Crippen LogP contribution in [-0.2, 0) is 9.47 Å². The van der Waals surface area contributed by atoms with Crippen LogP contribution < -0.4 is 5.32 Å². The summed E-state index contributed by atoms with van der Waals surface area (Å²) in [5, 5.41) is 11.2. The summed E-state index contributed by atoms with van der Waals surface area (Å²) in [6.07, 6.45) is 8.95. The van der Waals surface area contributed by atoms with Crippen molar-refractivity contribution in [2.75, 3.05) is 33.0 Å². The molecule has 0 aromatic carbocycles. The first kappa shape index (κ1) is 15.3. The number of nitrogens with one attached hydrogen (secondary N) is 1. The fourth-order valence-electron chi connectivity index (χ4n) is 3.06. The van der Waals surface area contributed by atoms with Gasteiger partial charge < -0.3 is 19.9 Å². The number of aliphatic hydroxyl groups is 1. The van der Waals surface area contributed by atoms with E-state index in [4.69, 9.17) is 14.6 Å². The first-order chi connectivity index (χ1) is 9.83. The van der Waals surface area contributed by atoms with Crippen molar-refractivity contribution in [3.8, 4) is 0 Å². The third-order valence-corrected chi connectivity index (χ3v) is 4.17. The first-order valence-corrected chi connectivity index (χ1v) is 7.57. The van der Waals surface area contributed by atoms with E-state index in [1.807, 2.05) is 0 Å².